The fraction of sp³-hybridized carbons (Fsp3) is 0.200. The van der Waals surface area contributed by atoms with Crippen LogP contribution in [-0.4, -0.2) is 17.2 Å². The SMILES string of the molecule is CC(C)NCCn1c2ccc(-c3ccco3)cc2c2cc(-c3ccco3)ccc21. The second-order valence-corrected chi connectivity index (χ2v) is 7.68. The number of benzene rings is 2. The van der Waals surface area contributed by atoms with Crippen molar-refractivity contribution in [1.82, 2.24) is 9.88 Å². The Kier molecular flexibility index (Phi) is 4.49. The quantitative estimate of drug-likeness (QED) is 0.373. The summed E-state index contributed by atoms with van der Waals surface area (Å²) >= 11 is 0. The Hall–Kier alpha value is -3.24. The van der Waals surface area contributed by atoms with Crippen LogP contribution in [0.2, 0.25) is 0 Å². The number of hydrogen-bond donors (Lipinski definition) is 1. The summed E-state index contributed by atoms with van der Waals surface area (Å²) in [4.78, 5) is 0. The predicted molar refractivity (Wildman–Crippen MR) is 118 cm³/mol. The van der Waals surface area contributed by atoms with Gasteiger partial charge in [-0.25, -0.2) is 0 Å². The zero-order valence-corrected chi connectivity index (χ0v) is 16.7. The van der Waals surface area contributed by atoms with E-state index in [1.165, 1.54) is 21.8 Å². The highest BCUT2D eigenvalue weighted by Gasteiger charge is 2.14. The molecule has 3 heterocycles. The summed E-state index contributed by atoms with van der Waals surface area (Å²) in [7, 11) is 0. The average molecular weight is 384 g/mol. The molecule has 0 saturated carbocycles. The van der Waals surface area contributed by atoms with Crippen LogP contribution in [0.5, 0.6) is 0 Å². The molecule has 5 rings (SSSR count). The van der Waals surface area contributed by atoms with Crippen LogP contribution in [0.25, 0.3) is 44.5 Å². The van der Waals surface area contributed by atoms with Gasteiger partial charge in [-0.2, -0.15) is 0 Å². The third kappa shape index (κ3) is 3.26. The number of rotatable bonds is 6. The van der Waals surface area contributed by atoms with Crippen molar-refractivity contribution >= 4 is 21.8 Å². The topological polar surface area (TPSA) is 43.2 Å². The van der Waals surface area contributed by atoms with E-state index < -0.39 is 0 Å². The molecule has 29 heavy (non-hydrogen) atoms. The minimum Gasteiger partial charge on any atom is -0.464 e. The summed E-state index contributed by atoms with van der Waals surface area (Å²) in [6.07, 6.45) is 3.44. The number of fused-ring (bicyclic) bond motifs is 3. The van der Waals surface area contributed by atoms with Crippen molar-refractivity contribution in [2.75, 3.05) is 6.54 Å². The van der Waals surface area contributed by atoms with Crippen molar-refractivity contribution in [2.24, 2.45) is 0 Å². The molecule has 0 radical (unpaired) electrons. The van der Waals surface area contributed by atoms with Gasteiger partial charge in [0.15, 0.2) is 0 Å². The summed E-state index contributed by atoms with van der Waals surface area (Å²) in [5.41, 5.74) is 4.64. The Morgan fingerprint density at radius 2 is 1.34 bits per heavy atom. The fourth-order valence-corrected chi connectivity index (χ4v) is 4.00. The summed E-state index contributed by atoms with van der Waals surface area (Å²) < 4.78 is 13.7. The van der Waals surface area contributed by atoms with Crippen molar-refractivity contribution in [2.45, 2.75) is 26.4 Å². The van der Waals surface area contributed by atoms with Crippen molar-refractivity contribution in [3.8, 4) is 22.6 Å². The third-order valence-electron chi connectivity index (χ3n) is 5.36. The van der Waals surface area contributed by atoms with E-state index in [1.807, 2.05) is 24.3 Å². The van der Waals surface area contributed by atoms with Crippen LogP contribution in [0.4, 0.5) is 0 Å². The smallest absolute Gasteiger partial charge is 0.133 e. The highest BCUT2D eigenvalue weighted by molar-refractivity contribution is 6.10. The van der Waals surface area contributed by atoms with E-state index >= 15 is 0 Å². The van der Waals surface area contributed by atoms with Gasteiger partial charge >= 0.3 is 0 Å². The minimum atomic E-state index is 0.471. The van der Waals surface area contributed by atoms with E-state index in [2.05, 4.69) is 60.1 Å². The first kappa shape index (κ1) is 17.8. The molecule has 5 aromatic rings. The van der Waals surface area contributed by atoms with E-state index in [1.54, 1.807) is 12.5 Å². The summed E-state index contributed by atoms with van der Waals surface area (Å²) in [5, 5.41) is 5.99. The lowest BCUT2D eigenvalue weighted by Crippen LogP contribution is -2.26. The van der Waals surface area contributed by atoms with Crippen molar-refractivity contribution in [1.29, 1.82) is 0 Å². The summed E-state index contributed by atoms with van der Waals surface area (Å²) in [6.45, 7) is 6.20. The molecule has 0 atom stereocenters. The van der Waals surface area contributed by atoms with E-state index in [0.29, 0.717) is 6.04 Å². The molecular formula is C25H24N2O2. The Labute approximate surface area is 169 Å². The highest BCUT2D eigenvalue weighted by atomic mass is 16.3. The molecule has 0 aliphatic heterocycles. The molecule has 1 N–H and O–H groups in total. The van der Waals surface area contributed by atoms with Gasteiger partial charge in [-0.05, 0) is 60.7 Å². The maximum absolute atomic E-state index is 5.63. The second-order valence-electron chi connectivity index (χ2n) is 7.68. The number of furan rings is 2. The Morgan fingerprint density at radius 1 is 0.793 bits per heavy atom. The van der Waals surface area contributed by atoms with Gasteiger partial charge in [-0.3, -0.25) is 0 Å². The molecule has 2 aromatic carbocycles. The molecule has 4 heteroatoms. The van der Waals surface area contributed by atoms with Crippen LogP contribution >= 0.6 is 0 Å². The first-order valence-electron chi connectivity index (χ1n) is 10.1. The third-order valence-corrected chi connectivity index (χ3v) is 5.36. The van der Waals surface area contributed by atoms with Crippen molar-refractivity contribution in [3.63, 3.8) is 0 Å². The van der Waals surface area contributed by atoms with Crippen LogP contribution in [0.1, 0.15) is 13.8 Å². The lowest BCUT2D eigenvalue weighted by molar-refractivity contribution is 0.553. The predicted octanol–water partition coefficient (Wildman–Crippen LogP) is 6.31. The summed E-state index contributed by atoms with van der Waals surface area (Å²) in [6, 6.07) is 21.5. The average Bonchev–Trinajstić information content (AvgIpc) is 3.48. The number of nitrogens with zero attached hydrogens (tertiary/aromatic N) is 1. The first-order chi connectivity index (χ1) is 14.2. The molecule has 0 fully saturated rings. The van der Waals surface area contributed by atoms with E-state index in [-0.39, 0.29) is 0 Å². The molecule has 146 valence electrons. The Morgan fingerprint density at radius 3 is 1.79 bits per heavy atom. The molecule has 3 aromatic heterocycles. The Bertz CT molecular complexity index is 1150. The van der Waals surface area contributed by atoms with Gasteiger partial charge < -0.3 is 18.7 Å². The molecule has 0 spiro atoms. The Balaban J connectivity index is 1.69. The van der Waals surface area contributed by atoms with Gasteiger partial charge in [-0.1, -0.05) is 13.8 Å². The van der Waals surface area contributed by atoms with Gasteiger partial charge in [0.25, 0.3) is 0 Å². The largest absolute Gasteiger partial charge is 0.464 e. The van der Waals surface area contributed by atoms with Crippen LogP contribution in [0.3, 0.4) is 0 Å². The van der Waals surface area contributed by atoms with Crippen LogP contribution < -0.4 is 5.32 Å². The normalized spacial score (nSPS) is 11.8. The van der Waals surface area contributed by atoms with E-state index in [0.717, 1.165) is 35.7 Å². The lowest BCUT2D eigenvalue weighted by atomic mass is 10.1. The standard InChI is InChI=1S/C25H24N2O2/c1-17(2)26-11-12-27-22-9-7-18(24-5-3-13-28-24)15-20(22)21-16-19(8-10-23(21)27)25-6-4-14-29-25/h3-10,13-17,26H,11-12H2,1-2H3. The molecule has 0 amide bonds. The maximum Gasteiger partial charge on any atom is 0.133 e. The highest BCUT2D eigenvalue weighted by Crippen LogP contribution is 2.35. The van der Waals surface area contributed by atoms with Crippen molar-refractivity contribution in [3.05, 3.63) is 73.2 Å². The summed E-state index contributed by atoms with van der Waals surface area (Å²) in [5.74, 6) is 1.77. The van der Waals surface area contributed by atoms with Crippen LogP contribution in [0, 0.1) is 0 Å². The van der Waals surface area contributed by atoms with Crippen LogP contribution in [-0.2, 0) is 6.54 Å². The van der Waals surface area contributed by atoms with E-state index in [9.17, 15) is 0 Å². The minimum absolute atomic E-state index is 0.471. The molecule has 0 aliphatic carbocycles. The number of hydrogen-bond acceptors (Lipinski definition) is 3. The zero-order valence-electron chi connectivity index (χ0n) is 16.7. The number of nitrogens with one attached hydrogen (secondary N) is 1. The van der Waals surface area contributed by atoms with Gasteiger partial charge in [0.2, 0.25) is 0 Å². The molecule has 0 unspecified atom stereocenters. The lowest BCUT2D eigenvalue weighted by Gasteiger charge is -2.11. The van der Waals surface area contributed by atoms with E-state index in [4.69, 9.17) is 8.83 Å². The van der Waals surface area contributed by atoms with Crippen molar-refractivity contribution < 1.29 is 8.83 Å². The monoisotopic (exact) mass is 384 g/mol. The van der Waals surface area contributed by atoms with Gasteiger partial charge in [-0.15, -0.1) is 0 Å². The fourth-order valence-electron chi connectivity index (χ4n) is 4.00. The zero-order chi connectivity index (χ0) is 19.8. The maximum atomic E-state index is 5.63. The van der Waals surface area contributed by atoms with Gasteiger partial charge in [0.1, 0.15) is 11.5 Å². The first-order valence-corrected chi connectivity index (χ1v) is 10.1. The molecule has 4 nitrogen and oxygen atoms in total. The molecule has 0 saturated heterocycles. The van der Waals surface area contributed by atoms with Crippen LogP contribution in [0.15, 0.2) is 82.0 Å². The number of aromatic nitrogens is 1. The second kappa shape index (κ2) is 7.30. The molecule has 0 bridgehead atoms. The molecule has 0 aliphatic rings. The molecular weight excluding hydrogens is 360 g/mol. The van der Waals surface area contributed by atoms with Gasteiger partial charge in [0.05, 0.1) is 12.5 Å². The van der Waals surface area contributed by atoms with Gasteiger partial charge in [0, 0.05) is 52.1 Å².